The first-order valence-electron chi connectivity index (χ1n) is 3.50. The van der Waals surface area contributed by atoms with Crippen LogP contribution in [0.2, 0.25) is 0 Å². The minimum Gasteiger partial charge on any atom is -0.384 e. The molecule has 0 N–H and O–H groups in total. The fraction of sp³-hybridized carbons (Fsp3) is 1.00. The molecule has 1 atom stereocenters. The summed E-state index contributed by atoms with van der Waals surface area (Å²) in [6.45, 7) is 0.822. The van der Waals surface area contributed by atoms with Gasteiger partial charge in [-0.2, -0.15) is 0 Å². The van der Waals surface area contributed by atoms with Crippen molar-refractivity contribution in [1.29, 1.82) is 0 Å². The number of halogens is 2. The molecule has 1 nitrogen and oxygen atoms in total. The van der Waals surface area contributed by atoms with E-state index in [-0.39, 0.29) is 0 Å². The molecule has 0 rings (SSSR count). The molecule has 0 radical (unpaired) electrons. The number of hydrogen-bond donors (Lipinski definition) is 0. The third kappa shape index (κ3) is 7.03. The lowest BCUT2D eigenvalue weighted by molar-refractivity contribution is 0.198. The van der Waals surface area contributed by atoms with Gasteiger partial charge in [0.15, 0.2) is 0 Å². The summed E-state index contributed by atoms with van der Waals surface area (Å²) in [7, 11) is 1.73. The summed E-state index contributed by atoms with van der Waals surface area (Å²) in [5, 5.41) is 1.11. The Morgan fingerprint density at radius 3 is 2.60 bits per heavy atom. The summed E-state index contributed by atoms with van der Waals surface area (Å²) in [5.74, 6) is 0. The average molecular weight is 274 g/mol. The van der Waals surface area contributed by atoms with Crippen molar-refractivity contribution in [1.82, 2.24) is 0 Å². The Hall–Kier alpha value is 0.920. The van der Waals surface area contributed by atoms with E-state index in [9.17, 15) is 0 Å². The van der Waals surface area contributed by atoms with Gasteiger partial charge in [-0.25, -0.2) is 0 Å². The van der Waals surface area contributed by atoms with Gasteiger partial charge in [-0.3, -0.25) is 0 Å². The van der Waals surface area contributed by atoms with Crippen LogP contribution < -0.4 is 0 Å². The Kier molecular flexibility index (Phi) is 8.76. The molecule has 0 aliphatic heterocycles. The molecule has 0 aromatic heterocycles. The lowest BCUT2D eigenvalue weighted by atomic mass is 10.2. The fourth-order valence-corrected chi connectivity index (χ4v) is 1.71. The molecule has 1 unspecified atom stereocenters. The number of rotatable bonds is 6. The summed E-state index contributed by atoms with van der Waals surface area (Å²) >= 11 is 6.92. The zero-order chi connectivity index (χ0) is 7.82. The number of hydrogen-bond acceptors (Lipinski definition) is 1. The van der Waals surface area contributed by atoms with Gasteiger partial charge < -0.3 is 4.74 Å². The van der Waals surface area contributed by atoms with E-state index in [4.69, 9.17) is 4.74 Å². The van der Waals surface area contributed by atoms with Crippen molar-refractivity contribution < 1.29 is 4.74 Å². The van der Waals surface area contributed by atoms with Crippen LogP contribution in [-0.2, 0) is 4.74 Å². The van der Waals surface area contributed by atoms with E-state index >= 15 is 0 Å². The lowest BCUT2D eigenvalue weighted by Crippen LogP contribution is -2.05. The molecule has 0 spiro atoms. The molecule has 0 bridgehead atoms. The molecule has 0 fully saturated rings. The zero-order valence-electron chi connectivity index (χ0n) is 6.28. The predicted octanol–water partition coefficient (Wildman–Crippen LogP) is 2.96. The Bertz CT molecular complexity index is 68.6. The topological polar surface area (TPSA) is 9.23 Å². The molecule has 0 aliphatic rings. The van der Waals surface area contributed by atoms with Gasteiger partial charge >= 0.3 is 0 Å². The zero-order valence-corrected chi connectivity index (χ0v) is 9.45. The molecule has 3 heteroatoms. The number of methoxy groups -OCH3 is 1. The number of ether oxygens (including phenoxy) is 1. The van der Waals surface area contributed by atoms with Gasteiger partial charge in [0.05, 0.1) is 6.61 Å². The first-order chi connectivity index (χ1) is 4.81. The summed E-state index contributed by atoms with van der Waals surface area (Å²) in [6, 6.07) is 0. The van der Waals surface area contributed by atoms with Crippen LogP contribution in [0.25, 0.3) is 0 Å². The quantitative estimate of drug-likeness (QED) is 0.534. The van der Waals surface area contributed by atoms with Crippen molar-refractivity contribution >= 4 is 31.9 Å². The minimum atomic E-state index is 0.538. The van der Waals surface area contributed by atoms with Gasteiger partial charge in [0.1, 0.15) is 0 Å². The smallest absolute Gasteiger partial charge is 0.0587 e. The Morgan fingerprint density at radius 1 is 1.40 bits per heavy atom. The molecular weight excluding hydrogens is 260 g/mol. The van der Waals surface area contributed by atoms with Crippen molar-refractivity contribution in [2.75, 3.05) is 19.0 Å². The van der Waals surface area contributed by atoms with E-state index in [2.05, 4.69) is 31.9 Å². The molecule has 0 saturated carbocycles. The molecule has 0 aliphatic carbocycles. The van der Waals surface area contributed by atoms with Gasteiger partial charge in [-0.05, 0) is 12.8 Å². The van der Waals surface area contributed by atoms with E-state index in [1.54, 1.807) is 7.11 Å². The van der Waals surface area contributed by atoms with Crippen molar-refractivity contribution in [3.63, 3.8) is 0 Å². The summed E-state index contributed by atoms with van der Waals surface area (Å²) in [5.41, 5.74) is 0. The van der Waals surface area contributed by atoms with Crippen LogP contribution in [0.4, 0.5) is 0 Å². The number of alkyl halides is 2. The van der Waals surface area contributed by atoms with Crippen LogP contribution in [0, 0.1) is 0 Å². The lowest BCUT2D eigenvalue weighted by Gasteiger charge is -2.06. The summed E-state index contributed by atoms with van der Waals surface area (Å²) in [4.78, 5) is 0.538. The molecule has 62 valence electrons. The molecule has 0 heterocycles. The monoisotopic (exact) mass is 272 g/mol. The van der Waals surface area contributed by atoms with Crippen molar-refractivity contribution in [3.8, 4) is 0 Å². The first-order valence-corrected chi connectivity index (χ1v) is 5.54. The van der Waals surface area contributed by atoms with E-state index < -0.39 is 0 Å². The normalized spacial score (nSPS) is 13.5. The number of unbranched alkanes of at least 4 members (excludes halogenated alkanes) is 1. The average Bonchev–Trinajstić information content (AvgIpc) is 1.89. The van der Waals surface area contributed by atoms with Crippen LogP contribution in [0.5, 0.6) is 0 Å². The van der Waals surface area contributed by atoms with Crippen LogP contribution >= 0.6 is 31.9 Å². The second-order valence-corrected chi connectivity index (χ2v) is 4.33. The summed E-state index contributed by atoms with van der Waals surface area (Å²) in [6.07, 6.45) is 3.73. The maximum Gasteiger partial charge on any atom is 0.0587 e. The molecule has 10 heavy (non-hydrogen) atoms. The van der Waals surface area contributed by atoms with Crippen molar-refractivity contribution in [2.24, 2.45) is 0 Å². The predicted molar refractivity (Wildman–Crippen MR) is 52.2 cm³/mol. The van der Waals surface area contributed by atoms with Gasteiger partial charge in [0, 0.05) is 17.3 Å². The van der Waals surface area contributed by atoms with Crippen molar-refractivity contribution in [2.45, 2.75) is 24.1 Å². The molecular formula is C7H14Br2O. The Balaban J connectivity index is 2.97. The third-order valence-corrected chi connectivity index (χ3v) is 2.53. The Morgan fingerprint density at radius 2 is 2.10 bits per heavy atom. The molecule has 0 aromatic rings. The van der Waals surface area contributed by atoms with Crippen molar-refractivity contribution in [3.05, 3.63) is 0 Å². The SMILES string of the molecule is COCC(Br)CCCCBr. The highest BCUT2D eigenvalue weighted by atomic mass is 79.9. The van der Waals surface area contributed by atoms with E-state index in [0.717, 1.165) is 11.9 Å². The highest BCUT2D eigenvalue weighted by molar-refractivity contribution is 9.09. The fourth-order valence-electron chi connectivity index (χ4n) is 0.724. The molecule has 0 saturated heterocycles. The highest BCUT2D eigenvalue weighted by Gasteiger charge is 2.01. The minimum absolute atomic E-state index is 0.538. The first kappa shape index (κ1) is 10.9. The standard InChI is InChI=1S/C7H14Br2O/c1-10-6-7(9)4-2-3-5-8/h7H,2-6H2,1H3. The maximum absolute atomic E-state index is 4.98. The van der Waals surface area contributed by atoms with Gasteiger partial charge in [0.25, 0.3) is 0 Å². The molecule has 0 aromatic carbocycles. The van der Waals surface area contributed by atoms with E-state index in [1.165, 1.54) is 19.3 Å². The van der Waals surface area contributed by atoms with Crippen LogP contribution in [0.1, 0.15) is 19.3 Å². The largest absolute Gasteiger partial charge is 0.384 e. The van der Waals surface area contributed by atoms with Crippen LogP contribution in [0.15, 0.2) is 0 Å². The summed E-state index contributed by atoms with van der Waals surface area (Å²) < 4.78 is 4.98. The molecule has 0 amide bonds. The highest BCUT2D eigenvalue weighted by Crippen LogP contribution is 2.10. The second-order valence-electron chi connectivity index (χ2n) is 2.24. The van der Waals surface area contributed by atoms with E-state index in [0.29, 0.717) is 4.83 Å². The maximum atomic E-state index is 4.98. The van der Waals surface area contributed by atoms with Gasteiger partial charge in [-0.15, -0.1) is 0 Å². The third-order valence-electron chi connectivity index (χ3n) is 1.25. The van der Waals surface area contributed by atoms with Gasteiger partial charge in [-0.1, -0.05) is 38.3 Å². The second kappa shape index (κ2) is 8.02. The van der Waals surface area contributed by atoms with Gasteiger partial charge in [0.2, 0.25) is 0 Å². The van der Waals surface area contributed by atoms with Crippen LogP contribution in [-0.4, -0.2) is 23.9 Å². The van der Waals surface area contributed by atoms with Crippen LogP contribution in [0.3, 0.4) is 0 Å². The Labute approximate surface area is 79.8 Å². The van der Waals surface area contributed by atoms with E-state index in [1.807, 2.05) is 0 Å².